The zero-order valence-electron chi connectivity index (χ0n) is 13.0. The molecule has 0 saturated carbocycles. The van der Waals surface area contributed by atoms with E-state index in [4.69, 9.17) is 4.74 Å². The normalized spacial score (nSPS) is 12.4. The monoisotopic (exact) mass is 277 g/mol. The van der Waals surface area contributed by atoms with Crippen LogP contribution in [-0.4, -0.2) is 36.6 Å². The number of hydrogen-bond donors (Lipinski definition) is 0. The van der Waals surface area contributed by atoms with Crippen molar-refractivity contribution in [3.05, 3.63) is 35.9 Å². The molecular formula is C17H27NO2. The maximum Gasteiger partial charge on any atom is 0.323 e. The van der Waals surface area contributed by atoms with Gasteiger partial charge in [0.25, 0.3) is 0 Å². The quantitative estimate of drug-likeness (QED) is 0.649. The van der Waals surface area contributed by atoms with Crippen LogP contribution in [0.5, 0.6) is 0 Å². The largest absolute Gasteiger partial charge is 0.465 e. The lowest BCUT2D eigenvalue weighted by atomic mass is 10.0. The molecule has 0 heterocycles. The fourth-order valence-electron chi connectivity index (χ4n) is 2.50. The van der Waals surface area contributed by atoms with Crippen LogP contribution in [0.1, 0.15) is 39.2 Å². The molecule has 1 aromatic carbocycles. The standard InChI is InChI=1S/C17H27NO2/c1-4-18(5-2)16(17(19)20-6-3)14-10-13-15-11-8-7-9-12-15/h7-9,11-12,16H,4-6,10,13-14H2,1-3H3/t16-/m0/s1. The summed E-state index contributed by atoms with van der Waals surface area (Å²) >= 11 is 0. The highest BCUT2D eigenvalue weighted by Crippen LogP contribution is 2.12. The highest BCUT2D eigenvalue weighted by molar-refractivity contribution is 5.75. The van der Waals surface area contributed by atoms with Crippen LogP contribution >= 0.6 is 0 Å². The number of esters is 1. The molecule has 0 aromatic heterocycles. The minimum Gasteiger partial charge on any atom is -0.465 e. The van der Waals surface area contributed by atoms with E-state index in [1.165, 1.54) is 5.56 Å². The average molecular weight is 277 g/mol. The number of benzene rings is 1. The molecule has 0 saturated heterocycles. The van der Waals surface area contributed by atoms with Crippen molar-refractivity contribution in [1.29, 1.82) is 0 Å². The molecule has 0 radical (unpaired) electrons. The van der Waals surface area contributed by atoms with E-state index in [1.807, 2.05) is 13.0 Å². The molecule has 20 heavy (non-hydrogen) atoms. The van der Waals surface area contributed by atoms with E-state index in [2.05, 4.69) is 43.0 Å². The molecule has 0 spiro atoms. The van der Waals surface area contributed by atoms with E-state index < -0.39 is 0 Å². The number of ether oxygens (including phenoxy) is 1. The number of carbonyl (C=O) groups is 1. The Balaban J connectivity index is 2.53. The number of aryl methyl sites for hydroxylation is 1. The molecule has 1 atom stereocenters. The molecule has 0 amide bonds. The molecule has 3 heteroatoms. The van der Waals surface area contributed by atoms with Gasteiger partial charge in [0.15, 0.2) is 0 Å². The zero-order chi connectivity index (χ0) is 14.8. The van der Waals surface area contributed by atoms with E-state index in [-0.39, 0.29) is 12.0 Å². The molecule has 0 N–H and O–H groups in total. The fraction of sp³-hybridized carbons (Fsp3) is 0.588. The van der Waals surface area contributed by atoms with E-state index in [1.54, 1.807) is 0 Å². The van der Waals surface area contributed by atoms with Gasteiger partial charge in [-0.2, -0.15) is 0 Å². The summed E-state index contributed by atoms with van der Waals surface area (Å²) in [5.41, 5.74) is 1.33. The second-order valence-corrected chi connectivity index (χ2v) is 4.87. The van der Waals surface area contributed by atoms with Crippen LogP contribution in [0.4, 0.5) is 0 Å². The Morgan fingerprint density at radius 3 is 2.35 bits per heavy atom. The third-order valence-electron chi connectivity index (χ3n) is 3.60. The van der Waals surface area contributed by atoms with Gasteiger partial charge in [0.05, 0.1) is 6.61 Å². The van der Waals surface area contributed by atoms with Crippen molar-refractivity contribution in [1.82, 2.24) is 4.90 Å². The van der Waals surface area contributed by atoms with Gasteiger partial charge in [-0.1, -0.05) is 44.2 Å². The summed E-state index contributed by atoms with van der Waals surface area (Å²) in [4.78, 5) is 14.3. The first-order valence-electron chi connectivity index (χ1n) is 7.67. The van der Waals surface area contributed by atoms with Gasteiger partial charge in [-0.25, -0.2) is 0 Å². The molecule has 1 aromatic rings. The summed E-state index contributed by atoms with van der Waals surface area (Å²) in [7, 11) is 0. The van der Waals surface area contributed by atoms with Gasteiger partial charge in [0, 0.05) is 0 Å². The van der Waals surface area contributed by atoms with E-state index in [0.29, 0.717) is 6.61 Å². The second-order valence-electron chi connectivity index (χ2n) is 4.87. The van der Waals surface area contributed by atoms with Crippen LogP contribution < -0.4 is 0 Å². The Morgan fingerprint density at radius 1 is 1.15 bits per heavy atom. The molecule has 0 unspecified atom stereocenters. The van der Waals surface area contributed by atoms with E-state index >= 15 is 0 Å². The SMILES string of the molecule is CCOC(=O)[C@H](CCCc1ccccc1)N(CC)CC. The zero-order valence-corrected chi connectivity index (χ0v) is 13.0. The van der Waals surface area contributed by atoms with Crippen molar-refractivity contribution < 1.29 is 9.53 Å². The molecule has 0 aliphatic carbocycles. The fourth-order valence-corrected chi connectivity index (χ4v) is 2.50. The van der Waals surface area contributed by atoms with Crippen LogP contribution in [-0.2, 0) is 16.0 Å². The number of nitrogens with zero attached hydrogens (tertiary/aromatic N) is 1. The first-order valence-corrected chi connectivity index (χ1v) is 7.67. The topological polar surface area (TPSA) is 29.5 Å². The Bertz CT molecular complexity index is 374. The van der Waals surface area contributed by atoms with E-state index in [9.17, 15) is 4.79 Å². The van der Waals surface area contributed by atoms with E-state index in [0.717, 1.165) is 32.4 Å². The lowest BCUT2D eigenvalue weighted by molar-refractivity contribution is -0.149. The lowest BCUT2D eigenvalue weighted by Gasteiger charge is -2.27. The summed E-state index contributed by atoms with van der Waals surface area (Å²) in [6, 6.07) is 10.3. The van der Waals surface area contributed by atoms with Crippen molar-refractivity contribution >= 4 is 5.97 Å². The second kappa shape index (κ2) is 9.54. The third kappa shape index (κ3) is 5.33. The molecule has 0 bridgehead atoms. The van der Waals surface area contributed by atoms with Gasteiger partial charge < -0.3 is 4.74 Å². The maximum atomic E-state index is 12.1. The number of carbonyl (C=O) groups excluding carboxylic acids is 1. The first-order chi connectivity index (χ1) is 9.72. The van der Waals surface area contributed by atoms with Crippen molar-refractivity contribution in [2.24, 2.45) is 0 Å². The predicted octanol–water partition coefficient (Wildman–Crippen LogP) is 3.28. The Hall–Kier alpha value is -1.35. The maximum absolute atomic E-state index is 12.1. The van der Waals surface area contributed by atoms with Crippen LogP contribution in [0.25, 0.3) is 0 Å². The van der Waals surface area contributed by atoms with Crippen LogP contribution in [0.15, 0.2) is 30.3 Å². The summed E-state index contributed by atoms with van der Waals surface area (Å²) in [5, 5.41) is 0. The van der Waals surface area contributed by atoms with Crippen LogP contribution in [0, 0.1) is 0 Å². The smallest absolute Gasteiger partial charge is 0.323 e. The highest BCUT2D eigenvalue weighted by atomic mass is 16.5. The van der Waals surface area contributed by atoms with Crippen molar-refractivity contribution in [3.63, 3.8) is 0 Å². The minimum atomic E-state index is -0.103. The van der Waals surface area contributed by atoms with Crippen molar-refractivity contribution in [2.45, 2.75) is 46.1 Å². The first kappa shape index (κ1) is 16.7. The molecular weight excluding hydrogens is 250 g/mol. The Kier molecular flexibility index (Phi) is 7.97. The molecule has 0 aliphatic heterocycles. The molecule has 1 rings (SSSR count). The van der Waals surface area contributed by atoms with Gasteiger partial charge in [-0.3, -0.25) is 9.69 Å². The van der Waals surface area contributed by atoms with Gasteiger partial charge >= 0.3 is 5.97 Å². The molecule has 0 aliphatic rings. The van der Waals surface area contributed by atoms with Gasteiger partial charge in [-0.15, -0.1) is 0 Å². The Morgan fingerprint density at radius 2 is 1.80 bits per heavy atom. The van der Waals surface area contributed by atoms with Crippen LogP contribution in [0.3, 0.4) is 0 Å². The summed E-state index contributed by atoms with van der Waals surface area (Å²) in [6.45, 7) is 8.26. The molecule has 0 fully saturated rings. The van der Waals surface area contributed by atoms with Crippen LogP contribution in [0.2, 0.25) is 0 Å². The Labute approximate surface area is 122 Å². The summed E-state index contributed by atoms with van der Waals surface area (Å²) in [6.07, 6.45) is 2.87. The lowest BCUT2D eigenvalue weighted by Crippen LogP contribution is -2.42. The molecule has 3 nitrogen and oxygen atoms in total. The highest BCUT2D eigenvalue weighted by Gasteiger charge is 2.24. The van der Waals surface area contributed by atoms with Gasteiger partial charge in [-0.05, 0) is 44.8 Å². The minimum absolute atomic E-state index is 0.0794. The van der Waals surface area contributed by atoms with Gasteiger partial charge in [0.1, 0.15) is 6.04 Å². The summed E-state index contributed by atoms with van der Waals surface area (Å²) < 4.78 is 5.21. The summed E-state index contributed by atoms with van der Waals surface area (Å²) in [5.74, 6) is -0.0794. The third-order valence-corrected chi connectivity index (χ3v) is 3.60. The number of hydrogen-bond acceptors (Lipinski definition) is 3. The average Bonchev–Trinajstić information content (AvgIpc) is 2.48. The predicted molar refractivity (Wildman–Crippen MR) is 82.7 cm³/mol. The number of likely N-dealkylation sites (N-methyl/N-ethyl adjacent to an activating group) is 1. The van der Waals surface area contributed by atoms with Crippen molar-refractivity contribution in [3.8, 4) is 0 Å². The number of rotatable bonds is 9. The van der Waals surface area contributed by atoms with Crippen molar-refractivity contribution in [2.75, 3.05) is 19.7 Å². The molecule has 112 valence electrons. The van der Waals surface area contributed by atoms with Gasteiger partial charge in [0.2, 0.25) is 0 Å².